The molecule has 202 valence electrons. The normalized spacial score (nSPS) is 11.4. The highest BCUT2D eigenvalue weighted by Crippen LogP contribution is 2.44. The van der Waals surface area contributed by atoms with Crippen LogP contribution in [0.3, 0.4) is 0 Å². The minimum Gasteiger partial charge on any atom is -0.264 e. The quantitative estimate of drug-likeness (QED) is 0.204. The van der Waals surface area contributed by atoms with Crippen LogP contribution in [0.1, 0.15) is 5.56 Å². The molecule has 8 aromatic rings. The molecule has 0 aliphatic rings. The minimum absolute atomic E-state index is 0.922. The molecule has 2 heterocycles. The second kappa shape index (κ2) is 10.3. The number of aryl methyl sites for hydroxylation is 1. The highest BCUT2D eigenvalue weighted by molar-refractivity contribution is 6.21. The van der Waals surface area contributed by atoms with Gasteiger partial charge >= 0.3 is 0 Å². The first-order valence-corrected chi connectivity index (χ1v) is 14.7. The summed E-state index contributed by atoms with van der Waals surface area (Å²) in [5.41, 5.74) is 10.2. The van der Waals surface area contributed by atoms with Crippen LogP contribution in [0.4, 0.5) is 0 Å². The molecule has 43 heavy (non-hydrogen) atoms. The Morgan fingerprint density at radius 2 is 1.00 bits per heavy atom. The Balaban J connectivity index is 1.29. The van der Waals surface area contributed by atoms with E-state index in [1.54, 1.807) is 6.20 Å². The summed E-state index contributed by atoms with van der Waals surface area (Å²) >= 11 is 0. The van der Waals surface area contributed by atoms with Gasteiger partial charge in [0.1, 0.15) is 0 Å². The van der Waals surface area contributed by atoms with E-state index in [1.165, 1.54) is 60.1 Å². The van der Waals surface area contributed by atoms with Crippen molar-refractivity contribution in [2.75, 3.05) is 0 Å². The van der Waals surface area contributed by atoms with Crippen LogP contribution in [0.25, 0.3) is 77.1 Å². The van der Waals surface area contributed by atoms with Crippen molar-refractivity contribution >= 4 is 32.3 Å². The molecule has 0 saturated heterocycles. The molecule has 0 fully saturated rings. The fourth-order valence-electron chi connectivity index (χ4n) is 6.35. The molecule has 2 nitrogen and oxygen atoms in total. The van der Waals surface area contributed by atoms with E-state index in [1.807, 2.05) is 24.4 Å². The number of pyridine rings is 2. The molecule has 0 atom stereocenters. The summed E-state index contributed by atoms with van der Waals surface area (Å²) in [6, 6.07) is 50.2. The van der Waals surface area contributed by atoms with E-state index in [2.05, 4.69) is 133 Å². The molecule has 0 spiro atoms. The van der Waals surface area contributed by atoms with Crippen molar-refractivity contribution in [1.29, 1.82) is 0 Å². The summed E-state index contributed by atoms with van der Waals surface area (Å²) in [7, 11) is 0. The predicted octanol–water partition coefficient (Wildman–Crippen LogP) is 10.9. The molecule has 0 unspecified atom stereocenters. The number of benzene rings is 6. The summed E-state index contributed by atoms with van der Waals surface area (Å²) in [5, 5.41) is 7.57. The first-order chi connectivity index (χ1) is 21.2. The number of rotatable bonds is 4. The van der Waals surface area contributed by atoms with Gasteiger partial charge in [0, 0.05) is 23.5 Å². The number of aromatic nitrogens is 2. The molecule has 0 radical (unpaired) electrons. The van der Waals surface area contributed by atoms with Gasteiger partial charge in [-0.2, -0.15) is 0 Å². The third-order valence-electron chi connectivity index (χ3n) is 8.39. The highest BCUT2D eigenvalue weighted by atomic mass is 14.7. The molecule has 6 aromatic carbocycles. The summed E-state index contributed by atoms with van der Waals surface area (Å²) in [6.07, 6.45) is 3.64. The Kier molecular flexibility index (Phi) is 6.05. The Labute approximate surface area is 251 Å². The predicted molar refractivity (Wildman–Crippen MR) is 181 cm³/mol. The summed E-state index contributed by atoms with van der Waals surface area (Å²) in [4.78, 5) is 9.21. The third kappa shape index (κ3) is 4.45. The van der Waals surface area contributed by atoms with E-state index in [9.17, 15) is 0 Å². The maximum atomic E-state index is 4.95. The fraction of sp³-hybridized carbons (Fsp3) is 0.0244. The average Bonchev–Trinajstić information content (AvgIpc) is 3.07. The smallest absolute Gasteiger partial charge is 0.0725 e. The molecular formula is C41H28N2. The van der Waals surface area contributed by atoms with E-state index in [-0.39, 0.29) is 0 Å². The van der Waals surface area contributed by atoms with Crippen molar-refractivity contribution in [2.45, 2.75) is 6.92 Å². The van der Waals surface area contributed by atoms with Gasteiger partial charge in [-0.05, 0) is 91.8 Å². The lowest BCUT2D eigenvalue weighted by molar-refractivity contribution is 1.28. The maximum Gasteiger partial charge on any atom is 0.0725 e. The van der Waals surface area contributed by atoms with E-state index < -0.39 is 0 Å². The van der Waals surface area contributed by atoms with Crippen molar-refractivity contribution in [1.82, 2.24) is 9.97 Å². The SMILES string of the molecule is Cc1ccc2ccc(-c3c4ccccc4c(-c4ccc(-c5cccc(-c6cccnc6)n5)cc4)c4ccccc34)cc2c1. The second-order valence-electron chi connectivity index (χ2n) is 11.1. The summed E-state index contributed by atoms with van der Waals surface area (Å²) < 4.78 is 0. The second-order valence-corrected chi connectivity index (χ2v) is 11.1. The lowest BCUT2D eigenvalue weighted by atomic mass is 9.85. The van der Waals surface area contributed by atoms with Gasteiger partial charge in [0.2, 0.25) is 0 Å². The van der Waals surface area contributed by atoms with Crippen LogP contribution in [0.2, 0.25) is 0 Å². The van der Waals surface area contributed by atoms with Gasteiger partial charge in [0.15, 0.2) is 0 Å². The molecular weight excluding hydrogens is 520 g/mol. The first kappa shape index (κ1) is 25.1. The molecule has 0 aliphatic heterocycles. The van der Waals surface area contributed by atoms with Crippen LogP contribution in [-0.4, -0.2) is 9.97 Å². The van der Waals surface area contributed by atoms with E-state index in [0.717, 1.165) is 22.5 Å². The van der Waals surface area contributed by atoms with Gasteiger partial charge < -0.3 is 0 Å². The van der Waals surface area contributed by atoms with Crippen molar-refractivity contribution < 1.29 is 0 Å². The average molecular weight is 549 g/mol. The first-order valence-electron chi connectivity index (χ1n) is 14.7. The van der Waals surface area contributed by atoms with Crippen molar-refractivity contribution in [3.05, 3.63) is 157 Å². The van der Waals surface area contributed by atoms with Crippen molar-refractivity contribution in [2.24, 2.45) is 0 Å². The van der Waals surface area contributed by atoms with Crippen LogP contribution in [0, 0.1) is 6.92 Å². The van der Waals surface area contributed by atoms with Crippen LogP contribution >= 0.6 is 0 Å². The standard InChI is InChI=1S/C41H28N2/c1-27-15-16-28-17-22-31(25-33(28)24-27)41-36-11-4-2-9-34(36)40(35-10-3-5-12-37(35)41)30-20-18-29(19-21-30)38-13-6-14-39(43-38)32-8-7-23-42-26-32/h2-26H,1H3. The van der Waals surface area contributed by atoms with E-state index in [0.29, 0.717) is 0 Å². The fourth-order valence-corrected chi connectivity index (χ4v) is 6.35. The van der Waals surface area contributed by atoms with Gasteiger partial charge in [-0.1, -0.05) is 115 Å². The molecule has 8 rings (SSSR count). The number of hydrogen-bond donors (Lipinski definition) is 0. The van der Waals surface area contributed by atoms with Gasteiger partial charge in [-0.3, -0.25) is 4.98 Å². The molecule has 0 N–H and O–H groups in total. The van der Waals surface area contributed by atoms with E-state index >= 15 is 0 Å². The largest absolute Gasteiger partial charge is 0.264 e. The molecule has 2 heteroatoms. The zero-order valence-corrected chi connectivity index (χ0v) is 23.8. The van der Waals surface area contributed by atoms with Crippen molar-refractivity contribution in [3.8, 4) is 44.8 Å². The van der Waals surface area contributed by atoms with Crippen LogP contribution in [0.15, 0.2) is 152 Å². The Morgan fingerprint density at radius 3 is 1.65 bits per heavy atom. The highest BCUT2D eigenvalue weighted by Gasteiger charge is 2.17. The Hall–Kier alpha value is -5.60. The molecule has 0 bridgehead atoms. The minimum atomic E-state index is 0.922. The number of hydrogen-bond acceptors (Lipinski definition) is 2. The molecule has 0 aliphatic carbocycles. The topological polar surface area (TPSA) is 25.8 Å². The Bertz CT molecular complexity index is 2230. The molecule has 0 saturated carbocycles. The van der Waals surface area contributed by atoms with Gasteiger partial charge in [-0.25, -0.2) is 4.98 Å². The third-order valence-corrected chi connectivity index (χ3v) is 8.39. The summed E-state index contributed by atoms with van der Waals surface area (Å²) in [5.74, 6) is 0. The zero-order valence-electron chi connectivity index (χ0n) is 23.8. The maximum absolute atomic E-state index is 4.95. The molecule has 0 amide bonds. The van der Waals surface area contributed by atoms with Gasteiger partial charge in [0.05, 0.1) is 11.4 Å². The lowest BCUT2D eigenvalue weighted by Gasteiger charge is -2.18. The van der Waals surface area contributed by atoms with Crippen LogP contribution in [0.5, 0.6) is 0 Å². The number of nitrogens with zero attached hydrogens (tertiary/aromatic N) is 2. The van der Waals surface area contributed by atoms with E-state index in [4.69, 9.17) is 4.98 Å². The van der Waals surface area contributed by atoms with Crippen LogP contribution in [-0.2, 0) is 0 Å². The lowest BCUT2D eigenvalue weighted by Crippen LogP contribution is -1.92. The summed E-state index contributed by atoms with van der Waals surface area (Å²) in [6.45, 7) is 2.16. The van der Waals surface area contributed by atoms with Gasteiger partial charge in [-0.15, -0.1) is 0 Å². The van der Waals surface area contributed by atoms with Gasteiger partial charge in [0.25, 0.3) is 0 Å². The zero-order chi connectivity index (χ0) is 28.8. The van der Waals surface area contributed by atoms with Crippen LogP contribution < -0.4 is 0 Å². The Morgan fingerprint density at radius 1 is 0.419 bits per heavy atom. The molecule has 2 aromatic heterocycles. The number of fused-ring (bicyclic) bond motifs is 3. The van der Waals surface area contributed by atoms with Crippen molar-refractivity contribution in [3.63, 3.8) is 0 Å². The monoisotopic (exact) mass is 548 g/mol.